The summed E-state index contributed by atoms with van der Waals surface area (Å²) in [7, 11) is 5.94. The normalized spacial score (nSPS) is 10.5. The maximum absolute atomic E-state index is 12.8. The lowest BCUT2D eigenvalue weighted by Gasteiger charge is -2.18. The largest absolute Gasteiger partial charge is 0.496 e. The molecule has 0 bridgehead atoms. The number of rotatable bonds is 12. The third-order valence-electron chi connectivity index (χ3n) is 5.24. The van der Waals surface area contributed by atoms with Crippen LogP contribution in [-0.4, -0.2) is 71.3 Å². The van der Waals surface area contributed by atoms with Crippen molar-refractivity contribution in [3.8, 4) is 23.0 Å². The number of benzene rings is 2. The fraction of sp³-hybridized carbons (Fsp3) is 0.417. The van der Waals surface area contributed by atoms with E-state index in [9.17, 15) is 9.59 Å². The van der Waals surface area contributed by atoms with Gasteiger partial charge in [-0.15, -0.1) is 0 Å². The molecule has 33 heavy (non-hydrogen) atoms. The standard InChI is InChI=1S/C24H33N3O6/c1-7-27(8-2)12-11-25-24(29)18-10-9-17(15-19(18)30-3)26-23(28)16-13-20(31-4)22(33-6)21(14-16)32-5/h9-10,13-15H,7-8,11-12H2,1-6H3,(H,25,29)(H,26,28). The van der Waals surface area contributed by atoms with Crippen molar-refractivity contribution in [2.45, 2.75) is 13.8 Å². The van der Waals surface area contributed by atoms with Crippen molar-refractivity contribution < 1.29 is 28.5 Å². The van der Waals surface area contributed by atoms with Gasteiger partial charge in [0.15, 0.2) is 11.5 Å². The van der Waals surface area contributed by atoms with Crippen LogP contribution in [0.4, 0.5) is 5.69 Å². The second-order valence-electron chi connectivity index (χ2n) is 7.07. The topological polar surface area (TPSA) is 98.4 Å². The van der Waals surface area contributed by atoms with Crippen molar-refractivity contribution in [2.24, 2.45) is 0 Å². The molecule has 180 valence electrons. The fourth-order valence-electron chi connectivity index (χ4n) is 3.33. The molecule has 0 heterocycles. The Labute approximate surface area is 195 Å². The molecule has 2 aromatic carbocycles. The number of methoxy groups -OCH3 is 4. The summed E-state index contributed by atoms with van der Waals surface area (Å²) in [5.41, 5.74) is 1.19. The highest BCUT2D eigenvalue weighted by Gasteiger charge is 2.18. The van der Waals surface area contributed by atoms with Crippen molar-refractivity contribution in [3.63, 3.8) is 0 Å². The van der Waals surface area contributed by atoms with Crippen LogP contribution in [0.1, 0.15) is 34.6 Å². The molecular formula is C24H33N3O6. The van der Waals surface area contributed by atoms with Crippen LogP contribution in [0.3, 0.4) is 0 Å². The van der Waals surface area contributed by atoms with Crippen LogP contribution < -0.4 is 29.6 Å². The van der Waals surface area contributed by atoms with E-state index in [1.165, 1.54) is 28.4 Å². The monoisotopic (exact) mass is 459 g/mol. The van der Waals surface area contributed by atoms with E-state index >= 15 is 0 Å². The molecule has 0 radical (unpaired) electrons. The van der Waals surface area contributed by atoms with Gasteiger partial charge in [0.25, 0.3) is 11.8 Å². The first kappa shape index (κ1) is 25.8. The van der Waals surface area contributed by atoms with Gasteiger partial charge in [0, 0.05) is 30.4 Å². The van der Waals surface area contributed by atoms with E-state index in [2.05, 4.69) is 29.4 Å². The Kier molecular flexibility index (Phi) is 9.81. The predicted molar refractivity (Wildman–Crippen MR) is 127 cm³/mol. The van der Waals surface area contributed by atoms with E-state index in [-0.39, 0.29) is 11.8 Å². The maximum Gasteiger partial charge on any atom is 0.255 e. The average molecular weight is 460 g/mol. The van der Waals surface area contributed by atoms with Crippen LogP contribution in [-0.2, 0) is 0 Å². The summed E-state index contributed by atoms with van der Waals surface area (Å²) in [6.45, 7) is 7.32. The molecule has 9 nitrogen and oxygen atoms in total. The van der Waals surface area contributed by atoms with E-state index in [0.717, 1.165) is 19.6 Å². The van der Waals surface area contributed by atoms with Crippen LogP contribution >= 0.6 is 0 Å². The number of anilines is 1. The first-order chi connectivity index (χ1) is 15.9. The highest BCUT2D eigenvalue weighted by Crippen LogP contribution is 2.38. The minimum atomic E-state index is -0.382. The van der Waals surface area contributed by atoms with Crippen molar-refractivity contribution in [1.29, 1.82) is 0 Å². The Morgan fingerprint density at radius 2 is 1.42 bits per heavy atom. The first-order valence-electron chi connectivity index (χ1n) is 10.7. The number of amides is 2. The quantitative estimate of drug-likeness (QED) is 0.503. The molecule has 2 amide bonds. The summed E-state index contributed by atoms with van der Waals surface area (Å²) in [5.74, 6) is 0.884. The van der Waals surface area contributed by atoms with Gasteiger partial charge in [0.2, 0.25) is 5.75 Å². The van der Waals surface area contributed by atoms with Gasteiger partial charge in [-0.3, -0.25) is 9.59 Å². The lowest BCUT2D eigenvalue weighted by atomic mass is 10.1. The van der Waals surface area contributed by atoms with Gasteiger partial charge < -0.3 is 34.5 Å². The number of hydrogen-bond acceptors (Lipinski definition) is 7. The summed E-state index contributed by atoms with van der Waals surface area (Å²) >= 11 is 0. The molecule has 0 atom stereocenters. The summed E-state index contributed by atoms with van der Waals surface area (Å²) in [4.78, 5) is 27.7. The smallest absolute Gasteiger partial charge is 0.255 e. The molecule has 0 aliphatic heterocycles. The van der Waals surface area contributed by atoms with Gasteiger partial charge in [-0.2, -0.15) is 0 Å². The molecular weight excluding hydrogens is 426 g/mol. The molecule has 0 saturated carbocycles. The van der Waals surface area contributed by atoms with E-state index in [1.54, 1.807) is 30.3 Å². The Balaban J connectivity index is 2.16. The average Bonchev–Trinajstić information content (AvgIpc) is 2.85. The summed E-state index contributed by atoms with van der Waals surface area (Å²) < 4.78 is 21.3. The van der Waals surface area contributed by atoms with Crippen molar-refractivity contribution in [2.75, 3.05) is 59.9 Å². The lowest BCUT2D eigenvalue weighted by molar-refractivity contribution is 0.0945. The van der Waals surface area contributed by atoms with Gasteiger partial charge in [0.05, 0.1) is 34.0 Å². The maximum atomic E-state index is 12.8. The number of nitrogens with one attached hydrogen (secondary N) is 2. The molecule has 2 N–H and O–H groups in total. The second kappa shape index (κ2) is 12.5. The number of ether oxygens (including phenoxy) is 4. The van der Waals surface area contributed by atoms with Gasteiger partial charge in [-0.1, -0.05) is 13.8 Å². The van der Waals surface area contributed by atoms with Crippen molar-refractivity contribution >= 4 is 17.5 Å². The number of hydrogen-bond donors (Lipinski definition) is 2. The Hall–Kier alpha value is -3.46. The molecule has 0 spiro atoms. The molecule has 9 heteroatoms. The van der Waals surface area contributed by atoms with Gasteiger partial charge >= 0.3 is 0 Å². The van der Waals surface area contributed by atoms with E-state index in [1.807, 2.05) is 0 Å². The minimum absolute atomic E-state index is 0.235. The second-order valence-corrected chi connectivity index (χ2v) is 7.07. The van der Waals surface area contributed by atoms with Crippen molar-refractivity contribution in [3.05, 3.63) is 41.5 Å². The number of carbonyl (C=O) groups is 2. The van der Waals surface area contributed by atoms with E-state index in [4.69, 9.17) is 18.9 Å². The molecule has 0 fully saturated rings. The molecule has 0 aromatic heterocycles. The SMILES string of the molecule is CCN(CC)CCNC(=O)c1ccc(NC(=O)c2cc(OC)c(OC)c(OC)c2)cc1OC. The number of likely N-dealkylation sites (N-methyl/N-ethyl adjacent to an activating group) is 1. The summed E-state index contributed by atoms with van der Waals surface area (Å²) in [6, 6.07) is 8.00. The predicted octanol–water partition coefficient (Wildman–Crippen LogP) is 3.04. The Bertz CT molecular complexity index is 934. The van der Waals surface area contributed by atoms with Crippen LogP contribution in [0.2, 0.25) is 0 Å². The fourth-order valence-corrected chi connectivity index (χ4v) is 3.33. The van der Waals surface area contributed by atoms with Crippen molar-refractivity contribution in [1.82, 2.24) is 10.2 Å². The van der Waals surface area contributed by atoms with Gasteiger partial charge in [-0.05, 0) is 37.4 Å². The lowest BCUT2D eigenvalue weighted by Crippen LogP contribution is -2.34. The third-order valence-corrected chi connectivity index (χ3v) is 5.24. The highest BCUT2D eigenvalue weighted by atomic mass is 16.5. The third kappa shape index (κ3) is 6.52. The molecule has 2 aromatic rings. The number of nitrogens with zero attached hydrogens (tertiary/aromatic N) is 1. The Morgan fingerprint density at radius 1 is 0.818 bits per heavy atom. The van der Waals surface area contributed by atoms with Gasteiger partial charge in [0.1, 0.15) is 5.75 Å². The van der Waals surface area contributed by atoms with E-state index < -0.39 is 0 Å². The van der Waals surface area contributed by atoms with Crippen LogP contribution in [0, 0.1) is 0 Å². The molecule has 0 aliphatic carbocycles. The van der Waals surface area contributed by atoms with Crippen LogP contribution in [0.5, 0.6) is 23.0 Å². The molecule has 2 rings (SSSR count). The summed E-state index contributed by atoms with van der Waals surface area (Å²) in [6.07, 6.45) is 0. The summed E-state index contributed by atoms with van der Waals surface area (Å²) in [5, 5.41) is 5.71. The molecule has 0 unspecified atom stereocenters. The first-order valence-corrected chi connectivity index (χ1v) is 10.7. The zero-order valence-corrected chi connectivity index (χ0v) is 20.1. The minimum Gasteiger partial charge on any atom is -0.496 e. The zero-order chi connectivity index (χ0) is 24.4. The van der Waals surface area contributed by atoms with Crippen LogP contribution in [0.25, 0.3) is 0 Å². The van der Waals surface area contributed by atoms with E-state index in [0.29, 0.717) is 46.4 Å². The highest BCUT2D eigenvalue weighted by molar-refractivity contribution is 6.06. The zero-order valence-electron chi connectivity index (χ0n) is 20.1. The number of carbonyl (C=O) groups excluding carboxylic acids is 2. The Morgan fingerprint density at radius 3 is 1.94 bits per heavy atom. The van der Waals surface area contributed by atoms with Gasteiger partial charge in [-0.25, -0.2) is 0 Å². The molecule has 0 saturated heterocycles. The van der Waals surface area contributed by atoms with Crippen LogP contribution in [0.15, 0.2) is 30.3 Å². The molecule has 0 aliphatic rings.